The predicted molar refractivity (Wildman–Crippen MR) is 64.1 cm³/mol. The molecule has 1 rings (SSSR count). The summed E-state index contributed by atoms with van der Waals surface area (Å²) in [6.45, 7) is 4.61. The van der Waals surface area contributed by atoms with Crippen molar-refractivity contribution in [2.45, 2.75) is 32.6 Å². The van der Waals surface area contributed by atoms with Gasteiger partial charge in [0.15, 0.2) is 0 Å². The highest BCUT2D eigenvalue weighted by Gasteiger charge is 2.25. The number of nitrogens with one attached hydrogen (secondary N) is 2. The van der Waals surface area contributed by atoms with Gasteiger partial charge in [0.25, 0.3) is 0 Å². The lowest BCUT2D eigenvalue weighted by Gasteiger charge is -2.17. The Kier molecular flexibility index (Phi) is 6.42. The second-order valence-electron chi connectivity index (χ2n) is 4.54. The number of hydrogen-bond acceptors (Lipinski definition) is 3. The normalized spacial score (nSPS) is 24.6. The monoisotopic (exact) mass is 228 g/mol. The molecule has 4 nitrogen and oxygen atoms in total. The molecule has 3 N–H and O–H groups in total. The molecule has 0 heterocycles. The lowest BCUT2D eigenvalue weighted by molar-refractivity contribution is -0.120. The van der Waals surface area contributed by atoms with E-state index in [1.54, 1.807) is 0 Å². The molecule has 94 valence electrons. The highest BCUT2D eigenvalue weighted by atomic mass is 16.3. The minimum atomic E-state index is 0.111. The van der Waals surface area contributed by atoms with Crippen LogP contribution in [0.2, 0.25) is 0 Å². The van der Waals surface area contributed by atoms with Gasteiger partial charge in [0, 0.05) is 26.1 Å². The van der Waals surface area contributed by atoms with Crippen molar-refractivity contribution in [3.05, 3.63) is 0 Å². The Hall–Kier alpha value is -0.610. The van der Waals surface area contributed by atoms with Crippen LogP contribution in [0.15, 0.2) is 0 Å². The van der Waals surface area contributed by atoms with Gasteiger partial charge in [-0.3, -0.25) is 4.79 Å². The van der Waals surface area contributed by atoms with Crippen LogP contribution < -0.4 is 10.6 Å². The molecule has 1 aliphatic rings. The van der Waals surface area contributed by atoms with E-state index in [1.807, 2.05) is 6.92 Å². The van der Waals surface area contributed by atoms with Crippen LogP contribution in [0.1, 0.15) is 32.6 Å². The molecule has 1 fully saturated rings. The standard InChI is InChI=1S/C12H24N2O2/c1-2-14-12(16)6-7-13-8-10-4-3-5-11(10)9-15/h10-11,13,15H,2-9H2,1H3,(H,14,16). The number of carbonyl (C=O) groups is 1. The fourth-order valence-corrected chi connectivity index (χ4v) is 2.40. The van der Waals surface area contributed by atoms with E-state index in [2.05, 4.69) is 10.6 Å². The molecule has 0 bridgehead atoms. The molecule has 2 atom stereocenters. The van der Waals surface area contributed by atoms with E-state index in [0.717, 1.165) is 19.5 Å². The first-order valence-electron chi connectivity index (χ1n) is 6.36. The Balaban J connectivity index is 2.04. The highest BCUT2D eigenvalue weighted by Crippen LogP contribution is 2.30. The van der Waals surface area contributed by atoms with Gasteiger partial charge < -0.3 is 15.7 Å². The highest BCUT2D eigenvalue weighted by molar-refractivity contribution is 5.75. The van der Waals surface area contributed by atoms with Crippen molar-refractivity contribution in [3.8, 4) is 0 Å². The Labute approximate surface area is 97.8 Å². The van der Waals surface area contributed by atoms with Crippen LogP contribution in [0.3, 0.4) is 0 Å². The molecule has 0 spiro atoms. The lowest BCUT2D eigenvalue weighted by Crippen LogP contribution is -2.31. The molecule has 0 aliphatic heterocycles. The van der Waals surface area contributed by atoms with E-state index < -0.39 is 0 Å². The summed E-state index contributed by atoms with van der Waals surface area (Å²) < 4.78 is 0. The zero-order chi connectivity index (χ0) is 11.8. The summed E-state index contributed by atoms with van der Waals surface area (Å²) in [5.74, 6) is 1.18. The minimum absolute atomic E-state index is 0.111. The summed E-state index contributed by atoms with van der Waals surface area (Å²) in [5.41, 5.74) is 0. The van der Waals surface area contributed by atoms with Crippen molar-refractivity contribution >= 4 is 5.91 Å². The molecule has 0 aromatic heterocycles. The van der Waals surface area contributed by atoms with E-state index in [-0.39, 0.29) is 5.91 Å². The number of hydrogen-bond donors (Lipinski definition) is 3. The molecule has 2 unspecified atom stereocenters. The summed E-state index contributed by atoms with van der Waals surface area (Å²) in [7, 11) is 0. The van der Waals surface area contributed by atoms with Gasteiger partial charge in [0.2, 0.25) is 5.91 Å². The van der Waals surface area contributed by atoms with Gasteiger partial charge in [-0.15, -0.1) is 0 Å². The SMILES string of the molecule is CCNC(=O)CCNCC1CCCC1CO. The number of amides is 1. The van der Waals surface area contributed by atoms with E-state index in [0.29, 0.717) is 31.4 Å². The van der Waals surface area contributed by atoms with E-state index >= 15 is 0 Å². The molecule has 1 amide bonds. The average molecular weight is 228 g/mol. The molecule has 0 aromatic carbocycles. The van der Waals surface area contributed by atoms with Gasteiger partial charge in [-0.1, -0.05) is 6.42 Å². The molecule has 16 heavy (non-hydrogen) atoms. The number of aliphatic hydroxyl groups is 1. The van der Waals surface area contributed by atoms with Crippen molar-refractivity contribution in [2.75, 3.05) is 26.2 Å². The third-order valence-corrected chi connectivity index (χ3v) is 3.36. The second-order valence-corrected chi connectivity index (χ2v) is 4.54. The van der Waals surface area contributed by atoms with E-state index in [1.165, 1.54) is 12.8 Å². The maximum Gasteiger partial charge on any atom is 0.221 e. The van der Waals surface area contributed by atoms with Gasteiger partial charge >= 0.3 is 0 Å². The van der Waals surface area contributed by atoms with Crippen LogP contribution >= 0.6 is 0 Å². The maximum absolute atomic E-state index is 11.2. The Morgan fingerprint density at radius 2 is 2.12 bits per heavy atom. The van der Waals surface area contributed by atoms with E-state index in [9.17, 15) is 4.79 Å². The number of rotatable bonds is 7. The van der Waals surface area contributed by atoms with Crippen LogP contribution in [0.25, 0.3) is 0 Å². The largest absolute Gasteiger partial charge is 0.396 e. The molecular weight excluding hydrogens is 204 g/mol. The zero-order valence-electron chi connectivity index (χ0n) is 10.2. The fraction of sp³-hybridized carbons (Fsp3) is 0.917. The van der Waals surface area contributed by atoms with Crippen LogP contribution in [-0.2, 0) is 4.79 Å². The zero-order valence-corrected chi connectivity index (χ0v) is 10.2. The van der Waals surface area contributed by atoms with Crippen molar-refractivity contribution in [3.63, 3.8) is 0 Å². The lowest BCUT2D eigenvalue weighted by atomic mass is 9.97. The van der Waals surface area contributed by atoms with Gasteiger partial charge in [-0.05, 0) is 38.1 Å². The molecule has 1 saturated carbocycles. The van der Waals surface area contributed by atoms with E-state index in [4.69, 9.17) is 5.11 Å². The van der Waals surface area contributed by atoms with Crippen molar-refractivity contribution in [1.29, 1.82) is 0 Å². The van der Waals surface area contributed by atoms with Crippen molar-refractivity contribution < 1.29 is 9.90 Å². The topological polar surface area (TPSA) is 61.4 Å². The quantitative estimate of drug-likeness (QED) is 0.556. The smallest absolute Gasteiger partial charge is 0.221 e. The minimum Gasteiger partial charge on any atom is -0.396 e. The third kappa shape index (κ3) is 4.49. The van der Waals surface area contributed by atoms with Crippen LogP contribution in [0.5, 0.6) is 0 Å². The van der Waals surface area contributed by atoms with Gasteiger partial charge in [0.1, 0.15) is 0 Å². The summed E-state index contributed by atoms with van der Waals surface area (Å²) in [4.78, 5) is 11.2. The Morgan fingerprint density at radius 1 is 1.38 bits per heavy atom. The summed E-state index contributed by atoms with van der Waals surface area (Å²) in [6.07, 6.45) is 4.14. The predicted octanol–water partition coefficient (Wildman–Crippen LogP) is 0.511. The Bertz CT molecular complexity index is 209. The Morgan fingerprint density at radius 3 is 2.81 bits per heavy atom. The molecule has 4 heteroatoms. The third-order valence-electron chi connectivity index (χ3n) is 3.36. The van der Waals surface area contributed by atoms with Gasteiger partial charge in [-0.25, -0.2) is 0 Å². The summed E-state index contributed by atoms with van der Waals surface area (Å²) >= 11 is 0. The first-order valence-corrected chi connectivity index (χ1v) is 6.36. The first-order chi connectivity index (χ1) is 7.77. The van der Waals surface area contributed by atoms with Crippen LogP contribution in [0.4, 0.5) is 0 Å². The molecule has 1 aliphatic carbocycles. The van der Waals surface area contributed by atoms with Gasteiger partial charge in [0.05, 0.1) is 0 Å². The first kappa shape index (κ1) is 13.5. The molecule has 0 aromatic rings. The number of carbonyl (C=O) groups excluding carboxylic acids is 1. The van der Waals surface area contributed by atoms with Crippen molar-refractivity contribution in [1.82, 2.24) is 10.6 Å². The van der Waals surface area contributed by atoms with Crippen LogP contribution in [0, 0.1) is 11.8 Å². The maximum atomic E-state index is 11.2. The summed E-state index contributed by atoms with van der Waals surface area (Å²) in [6, 6.07) is 0. The second kappa shape index (κ2) is 7.63. The van der Waals surface area contributed by atoms with Crippen LogP contribution in [-0.4, -0.2) is 37.3 Å². The summed E-state index contributed by atoms with van der Waals surface area (Å²) in [5, 5.41) is 15.2. The average Bonchev–Trinajstić information content (AvgIpc) is 2.72. The molecule has 0 saturated heterocycles. The number of aliphatic hydroxyl groups excluding tert-OH is 1. The molecular formula is C12H24N2O2. The van der Waals surface area contributed by atoms with Gasteiger partial charge in [-0.2, -0.15) is 0 Å². The fourth-order valence-electron chi connectivity index (χ4n) is 2.40. The van der Waals surface area contributed by atoms with Crippen molar-refractivity contribution in [2.24, 2.45) is 11.8 Å². The molecule has 0 radical (unpaired) electrons.